The van der Waals surface area contributed by atoms with Crippen LogP contribution in [0.4, 0.5) is 4.39 Å². The zero-order valence-corrected chi connectivity index (χ0v) is 13.4. The molecule has 1 fully saturated rings. The summed E-state index contributed by atoms with van der Waals surface area (Å²) in [5.41, 5.74) is 0. The number of nitrogens with one attached hydrogen (secondary N) is 1. The second kappa shape index (κ2) is 6.85. The molecule has 0 spiro atoms. The Morgan fingerprint density at radius 1 is 1.33 bits per heavy atom. The van der Waals surface area contributed by atoms with Crippen LogP contribution < -0.4 is 5.32 Å². The van der Waals surface area contributed by atoms with Crippen LogP contribution in [0, 0.1) is 5.82 Å². The molecular formula is C15H23FN2O2S. The Bertz CT molecular complexity index is 560. The van der Waals surface area contributed by atoms with E-state index in [1.165, 1.54) is 24.3 Å². The van der Waals surface area contributed by atoms with E-state index < -0.39 is 15.8 Å². The number of piperidine rings is 1. The molecule has 0 bridgehead atoms. The second-order valence-corrected chi connectivity index (χ2v) is 7.37. The van der Waals surface area contributed by atoms with Gasteiger partial charge >= 0.3 is 0 Å². The molecule has 118 valence electrons. The van der Waals surface area contributed by atoms with Crippen molar-refractivity contribution in [1.82, 2.24) is 9.62 Å². The molecular weight excluding hydrogens is 291 g/mol. The monoisotopic (exact) mass is 314 g/mol. The predicted molar refractivity (Wildman–Crippen MR) is 81.1 cm³/mol. The van der Waals surface area contributed by atoms with Gasteiger partial charge in [0.1, 0.15) is 5.82 Å². The van der Waals surface area contributed by atoms with Gasteiger partial charge in [-0.3, -0.25) is 0 Å². The lowest BCUT2D eigenvalue weighted by molar-refractivity contribution is 0.210. The Labute approximate surface area is 126 Å². The van der Waals surface area contributed by atoms with Gasteiger partial charge in [-0.15, -0.1) is 0 Å². The lowest BCUT2D eigenvalue weighted by atomic mass is 9.99. The lowest BCUT2D eigenvalue weighted by Crippen LogP contribution is -2.53. The molecule has 1 saturated heterocycles. The van der Waals surface area contributed by atoms with Crippen LogP contribution >= 0.6 is 0 Å². The molecule has 2 rings (SSSR count). The summed E-state index contributed by atoms with van der Waals surface area (Å²) >= 11 is 0. The molecule has 4 nitrogen and oxygen atoms in total. The molecule has 21 heavy (non-hydrogen) atoms. The average molecular weight is 314 g/mol. The smallest absolute Gasteiger partial charge is 0.243 e. The van der Waals surface area contributed by atoms with Crippen molar-refractivity contribution in [2.24, 2.45) is 0 Å². The van der Waals surface area contributed by atoms with E-state index in [-0.39, 0.29) is 17.0 Å². The topological polar surface area (TPSA) is 49.4 Å². The maximum atomic E-state index is 13.0. The lowest BCUT2D eigenvalue weighted by Gasteiger charge is -2.38. The van der Waals surface area contributed by atoms with Crippen molar-refractivity contribution < 1.29 is 12.8 Å². The van der Waals surface area contributed by atoms with Gasteiger partial charge in [0.05, 0.1) is 4.90 Å². The fourth-order valence-electron chi connectivity index (χ4n) is 2.93. The molecule has 0 amide bonds. The summed E-state index contributed by atoms with van der Waals surface area (Å²) in [5.74, 6) is -0.426. The highest BCUT2D eigenvalue weighted by Crippen LogP contribution is 2.27. The Morgan fingerprint density at radius 3 is 2.62 bits per heavy atom. The summed E-state index contributed by atoms with van der Waals surface area (Å²) in [7, 11) is -3.56. The Morgan fingerprint density at radius 2 is 2.00 bits per heavy atom. The Hall–Kier alpha value is -0.980. The number of halogens is 1. The van der Waals surface area contributed by atoms with Crippen molar-refractivity contribution in [2.75, 3.05) is 13.1 Å². The minimum Gasteiger partial charge on any atom is -0.313 e. The van der Waals surface area contributed by atoms with Crippen molar-refractivity contribution in [3.05, 3.63) is 30.1 Å². The first kappa shape index (κ1) is 16.4. The third-order valence-corrected chi connectivity index (χ3v) is 5.96. The molecule has 0 saturated carbocycles. The van der Waals surface area contributed by atoms with Crippen LogP contribution in [0.1, 0.15) is 33.1 Å². The minimum atomic E-state index is -3.56. The maximum Gasteiger partial charge on any atom is 0.243 e. The second-order valence-electron chi connectivity index (χ2n) is 5.48. The van der Waals surface area contributed by atoms with Gasteiger partial charge in [-0.1, -0.05) is 13.3 Å². The van der Waals surface area contributed by atoms with Gasteiger partial charge in [0.25, 0.3) is 0 Å². The molecule has 1 aliphatic rings. The SMILES string of the molecule is CCNC(C)C1CCCCN1S(=O)(=O)c1ccc(F)cc1. The fourth-order valence-corrected chi connectivity index (χ4v) is 4.69. The number of nitrogens with zero attached hydrogens (tertiary/aromatic N) is 1. The third kappa shape index (κ3) is 3.62. The summed E-state index contributed by atoms with van der Waals surface area (Å²) in [6.45, 7) is 5.37. The van der Waals surface area contributed by atoms with Crippen molar-refractivity contribution in [3.63, 3.8) is 0 Å². The molecule has 1 heterocycles. The Balaban J connectivity index is 2.29. The quantitative estimate of drug-likeness (QED) is 0.908. The standard InChI is InChI=1S/C15H23FN2O2S/c1-3-17-12(2)15-6-4-5-11-18(15)21(19,20)14-9-7-13(16)8-10-14/h7-10,12,15,17H,3-6,11H2,1-2H3. The molecule has 0 radical (unpaired) electrons. The van der Waals surface area contributed by atoms with Crippen LogP contribution in [0.3, 0.4) is 0 Å². The summed E-state index contributed by atoms with van der Waals surface area (Å²) < 4.78 is 40.2. The minimum absolute atomic E-state index is 0.0475. The molecule has 6 heteroatoms. The molecule has 1 aromatic carbocycles. The zero-order valence-electron chi connectivity index (χ0n) is 12.5. The average Bonchev–Trinajstić information content (AvgIpc) is 2.48. The summed E-state index contributed by atoms with van der Waals surface area (Å²) in [4.78, 5) is 0.166. The summed E-state index contributed by atoms with van der Waals surface area (Å²) in [6, 6.07) is 5.13. The maximum absolute atomic E-state index is 13.0. The van der Waals surface area contributed by atoms with Crippen LogP contribution in [0.5, 0.6) is 0 Å². The third-order valence-electron chi connectivity index (χ3n) is 4.02. The molecule has 0 aliphatic carbocycles. The molecule has 1 aliphatic heterocycles. The van der Waals surface area contributed by atoms with Crippen molar-refractivity contribution in [3.8, 4) is 0 Å². The first-order chi connectivity index (χ1) is 9.96. The number of hydrogen-bond donors (Lipinski definition) is 1. The molecule has 1 aromatic rings. The van der Waals surface area contributed by atoms with Crippen molar-refractivity contribution >= 4 is 10.0 Å². The largest absolute Gasteiger partial charge is 0.313 e. The zero-order chi connectivity index (χ0) is 15.5. The first-order valence-electron chi connectivity index (χ1n) is 7.47. The van der Waals surface area contributed by atoms with E-state index in [4.69, 9.17) is 0 Å². The van der Waals surface area contributed by atoms with Gasteiger partial charge in [-0.2, -0.15) is 4.31 Å². The van der Waals surface area contributed by atoms with Gasteiger partial charge in [0.15, 0.2) is 0 Å². The first-order valence-corrected chi connectivity index (χ1v) is 8.91. The number of likely N-dealkylation sites (N-methyl/N-ethyl adjacent to an activating group) is 1. The van der Waals surface area contributed by atoms with Crippen molar-refractivity contribution in [2.45, 2.75) is 50.1 Å². The van der Waals surface area contributed by atoms with Gasteiger partial charge in [0, 0.05) is 18.6 Å². The Kier molecular flexibility index (Phi) is 5.35. The van der Waals surface area contributed by atoms with E-state index in [0.29, 0.717) is 6.54 Å². The normalized spacial score (nSPS) is 22.1. The van der Waals surface area contributed by atoms with Gasteiger partial charge in [0.2, 0.25) is 10.0 Å². The van der Waals surface area contributed by atoms with E-state index in [1.807, 2.05) is 13.8 Å². The van der Waals surface area contributed by atoms with Gasteiger partial charge < -0.3 is 5.32 Å². The number of hydrogen-bond acceptors (Lipinski definition) is 3. The van der Waals surface area contributed by atoms with Crippen LogP contribution in [0.15, 0.2) is 29.2 Å². The number of benzene rings is 1. The van der Waals surface area contributed by atoms with E-state index in [9.17, 15) is 12.8 Å². The summed E-state index contributed by atoms with van der Waals surface area (Å²) in [6.07, 6.45) is 2.76. The van der Waals surface area contributed by atoms with Crippen LogP contribution in [0.25, 0.3) is 0 Å². The van der Waals surface area contributed by atoms with Gasteiger partial charge in [-0.05, 0) is 50.6 Å². The van der Waals surface area contributed by atoms with Crippen LogP contribution in [-0.2, 0) is 10.0 Å². The summed E-state index contributed by atoms with van der Waals surface area (Å²) in [5, 5.41) is 3.31. The van der Waals surface area contributed by atoms with Crippen LogP contribution in [0.2, 0.25) is 0 Å². The van der Waals surface area contributed by atoms with E-state index >= 15 is 0 Å². The number of sulfonamides is 1. The highest BCUT2D eigenvalue weighted by Gasteiger charge is 2.36. The molecule has 2 atom stereocenters. The van der Waals surface area contributed by atoms with E-state index in [0.717, 1.165) is 25.8 Å². The highest BCUT2D eigenvalue weighted by molar-refractivity contribution is 7.89. The highest BCUT2D eigenvalue weighted by atomic mass is 32.2. The van der Waals surface area contributed by atoms with E-state index in [2.05, 4.69) is 5.32 Å². The molecule has 2 unspecified atom stereocenters. The fraction of sp³-hybridized carbons (Fsp3) is 0.600. The predicted octanol–water partition coefficient (Wildman–Crippen LogP) is 2.37. The molecule has 0 aromatic heterocycles. The van der Waals surface area contributed by atoms with E-state index in [1.54, 1.807) is 4.31 Å². The van der Waals surface area contributed by atoms with Crippen LogP contribution in [-0.4, -0.2) is 37.9 Å². The number of rotatable bonds is 5. The van der Waals surface area contributed by atoms with Gasteiger partial charge in [-0.25, -0.2) is 12.8 Å². The molecule has 1 N–H and O–H groups in total. The van der Waals surface area contributed by atoms with Crippen molar-refractivity contribution in [1.29, 1.82) is 0 Å².